The molecule has 0 amide bonds. The van der Waals surface area contributed by atoms with Crippen molar-refractivity contribution in [3.8, 4) is 0 Å². The number of nitrogens with one attached hydrogen (secondary N) is 1. The molecule has 2 rings (SSSR count). The monoisotopic (exact) mass is 275 g/mol. The smallest absolute Gasteiger partial charge is 0.0787 e. The average Bonchev–Trinajstić information content (AvgIpc) is 2.54. The van der Waals surface area contributed by atoms with Crippen LogP contribution in [0.25, 0.3) is 0 Å². The molecule has 1 atom stereocenters. The van der Waals surface area contributed by atoms with E-state index in [2.05, 4.69) is 71.1 Å². The zero-order valence-corrected chi connectivity index (χ0v) is 13.8. The molecule has 0 aliphatic carbocycles. The van der Waals surface area contributed by atoms with E-state index in [0.29, 0.717) is 12.0 Å². The molecular formula is C18H29NO. The van der Waals surface area contributed by atoms with Gasteiger partial charge in [0, 0.05) is 12.6 Å². The minimum absolute atomic E-state index is 0.0251. The molecule has 0 bridgehead atoms. The average molecular weight is 275 g/mol. The Balaban J connectivity index is 1.95. The molecule has 1 aromatic carbocycles. The van der Waals surface area contributed by atoms with Gasteiger partial charge < -0.3 is 10.1 Å². The minimum atomic E-state index is -0.0959. The van der Waals surface area contributed by atoms with E-state index in [1.807, 2.05) is 0 Å². The van der Waals surface area contributed by atoms with Gasteiger partial charge >= 0.3 is 0 Å². The Kier molecular flexibility index (Phi) is 4.27. The lowest BCUT2D eigenvalue weighted by Gasteiger charge is -2.28. The summed E-state index contributed by atoms with van der Waals surface area (Å²) < 4.78 is 6.13. The van der Waals surface area contributed by atoms with E-state index < -0.39 is 0 Å². The number of rotatable bonds is 4. The number of benzene rings is 1. The first-order valence-electron chi connectivity index (χ1n) is 7.72. The molecule has 20 heavy (non-hydrogen) atoms. The highest BCUT2D eigenvalue weighted by Crippen LogP contribution is 2.37. The van der Waals surface area contributed by atoms with Gasteiger partial charge in [-0.15, -0.1) is 0 Å². The normalized spacial score (nSPS) is 24.2. The molecule has 1 aromatic rings. The number of hydrogen-bond acceptors (Lipinski definition) is 2. The van der Waals surface area contributed by atoms with Gasteiger partial charge in [0.1, 0.15) is 0 Å². The van der Waals surface area contributed by atoms with Crippen LogP contribution in [0.15, 0.2) is 24.3 Å². The second-order valence-corrected chi connectivity index (χ2v) is 7.50. The summed E-state index contributed by atoms with van der Waals surface area (Å²) >= 11 is 0. The Bertz CT molecular complexity index is 445. The van der Waals surface area contributed by atoms with Crippen LogP contribution in [0.1, 0.15) is 65.0 Å². The van der Waals surface area contributed by atoms with E-state index in [9.17, 15) is 0 Å². The molecule has 1 N–H and O–H groups in total. The third-order valence-corrected chi connectivity index (χ3v) is 4.27. The molecule has 2 nitrogen and oxygen atoms in total. The van der Waals surface area contributed by atoms with Crippen LogP contribution in [-0.2, 0) is 11.3 Å². The highest BCUT2D eigenvalue weighted by atomic mass is 16.5. The first-order chi connectivity index (χ1) is 9.20. The highest BCUT2D eigenvalue weighted by Gasteiger charge is 2.45. The molecule has 1 aliphatic heterocycles. The summed E-state index contributed by atoms with van der Waals surface area (Å²) in [6.07, 6.45) is 1.06. The van der Waals surface area contributed by atoms with Crippen molar-refractivity contribution >= 4 is 0 Å². The Labute approximate surface area is 123 Å². The standard InChI is InChI=1S/C18H29NO/c1-13(2)15-9-7-14(8-10-15)12-19-16-11-17(3,4)20-18(16,5)6/h7-10,13,16,19H,11-12H2,1-6H3. The van der Waals surface area contributed by atoms with Crippen LogP contribution < -0.4 is 5.32 Å². The van der Waals surface area contributed by atoms with Gasteiger partial charge in [0.05, 0.1) is 11.2 Å². The van der Waals surface area contributed by atoms with Crippen LogP contribution in [0.5, 0.6) is 0 Å². The SMILES string of the molecule is CC(C)c1ccc(CNC2CC(C)(C)OC2(C)C)cc1. The van der Waals surface area contributed by atoms with E-state index >= 15 is 0 Å². The fourth-order valence-corrected chi connectivity index (χ4v) is 3.14. The predicted octanol–water partition coefficient (Wildman–Crippen LogP) is 4.25. The molecule has 0 saturated carbocycles. The van der Waals surface area contributed by atoms with E-state index in [-0.39, 0.29) is 11.2 Å². The minimum Gasteiger partial charge on any atom is -0.368 e. The van der Waals surface area contributed by atoms with Crippen LogP contribution in [0.2, 0.25) is 0 Å². The lowest BCUT2D eigenvalue weighted by Crippen LogP contribution is -2.42. The summed E-state index contributed by atoms with van der Waals surface area (Å²) in [5.41, 5.74) is 2.62. The maximum absolute atomic E-state index is 6.13. The van der Waals surface area contributed by atoms with Gasteiger partial charge in [-0.3, -0.25) is 0 Å². The van der Waals surface area contributed by atoms with E-state index in [1.54, 1.807) is 0 Å². The summed E-state index contributed by atoms with van der Waals surface area (Å²) in [5.74, 6) is 0.597. The molecule has 1 heterocycles. The number of hydrogen-bond donors (Lipinski definition) is 1. The molecule has 1 unspecified atom stereocenters. The fourth-order valence-electron chi connectivity index (χ4n) is 3.14. The summed E-state index contributed by atoms with van der Waals surface area (Å²) in [4.78, 5) is 0. The topological polar surface area (TPSA) is 21.3 Å². The van der Waals surface area contributed by atoms with Crippen molar-refractivity contribution in [2.75, 3.05) is 0 Å². The van der Waals surface area contributed by atoms with E-state index in [1.165, 1.54) is 11.1 Å². The van der Waals surface area contributed by atoms with Crippen LogP contribution >= 0.6 is 0 Å². The van der Waals surface area contributed by atoms with Gasteiger partial charge in [-0.1, -0.05) is 38.1 Å². The maximum Gasteiger partial charge on any atom is 0.0787 e. The van der Waals surface area contributed by atoms with Crippen molar-refractivity contribution in [1.29, 1.82) is 0 Å². The largest absolute Gasteiger partial charge is 0.368 e. The van der Waals surface area contributed by atoms with Gasteiger partial charge in [-0.2, -0.15) is 0 Å². The van der Waals surface area contributed by atoms with Crippen LogP contribution in [0.3, 0.4) is 0 Å². The molecule has 0 radical (unpaired) electrons. The van der Waals surface area contributed by atoms with Crippen LogP contribution in [0, 0.1) is 0 Å². The third-order valence-electron chi connectivity index (χ3n) is 4.27. The first kappa shape index (κ1) is 15.5. The van der Waals surface area contributed by atoms with Crippen molar-refractivity contribution in [1.82, 2.24) is 5.32 Å². The van der Waals surface area contributed by atoms with Gasteiger partial charge in [-0.25, -0.2) is 0 Å². The van der Waals surface area contributed by atoms with E-state index in [4.69, 9.17) is 4.74 Å². The lowest BCUT2D eigenvalue weighted by molar-refractivity contribution is -0.0699. The molecule has 0 aromatic heterocycles. The van der Waals surface area contributed by atoms with Crippen molar-refractivity contribution in [3.63, 3.8) is 0 Å². The van der Waals surface area contributed by atoms with Gasteiger partial charge in [0.2, 0.25) is 0 Å². The van der Waals surface area contributed by atoms with Crippen molar-refractivity contribution in [2.45, 2.75) is 77.7 Å². The summed E-state index contributed by atoms with van der Waals surface area (Å²) in [7, 11) is 0. The third kappa shape index (κ3) is 3.62. The molecule has 1 saturated heterocycles. The quantitative estimate of drug-likeness (QED) is 0.887. The zero-order chi connectivity index (χ0) is 15.0. The summed E-state index contributed by atoms with van der Waals surface area (Å²) in [5, 5.41) is 3.67. The van der Waals surface area contributed by atoms with Crippen LogP contribution in [0.4, 0.5) is 0 Å². The second kappa shape index (κ2) is 5.50. The van der Waals surface area contributed by atoms with Crippen molar-refractivity contribution in [3.05, 3.63) is 35.4 Å². The fraction of sp³-hybridized carbons (Fsp3) is 0.667. The Morgan fingerprint density at radius 2 is 1.75 bits per heavy atom. The van der Waals surface area contributed by atoms with Crippen molar-refractivity contribution in [2.24, 2.45) is 0 Å². The number of ether oxygens (including phenoxy) is 1. The molecule has 0 spiro atoms. The predicted molar refractivity (Wildman–Crippen MR) is 85.0 cm³/mol. The Morgan fingerprint density at radius 1 is 1.15 bits per heavy atom. The highest BCUT2D eigenvalue weighted by molar-refractivity contribution is 5.24. The second-order valence-electron chi connectivity index (χ2n) is 7.50. The maximum atomic E-state index is 6.13. The lowest BCUT2D eigenvalue weighted by atomic mass is 9.94. The first-order valence-corrected chi connectivity index (χ1v) is 7.72. The summed E-state index contributed by atoms with van der Waals surface area (Å²) in [6, 6.07) is 9.35. The van der Waals surface area contributed by atoms with Crippen molar-refractivity contribution < 1.29 is 4.74 Å². The molecule has 112 valence electrons. The molecule has 2 heteroatoms. The Hall–Kier alpha value is -0.860. The van der Waals surface area contributed by atoms with Gasteiger partial charge in [0.15, 0.2) is 0 Å². The van der Waals surface area contributed by atoms with Gasteiger partial charge in [0.25, 0.3) is 0 Å². The summed E-state index contributed by atoms with van der Waals surface area (Å²) in [6.45, 7) is 14.1. The molecule has 1 aliphatic rings. The molecular weight excluding hydrogens is 246 g/mol. The molecule has 1 fully saturated rings. The van der Waals surface area contributed by atoms with E-state index in [0.717, 1.165) is 13.0 Å². The zero-order valence-electron chi connectivity index (χ0n) is 13.8. The van der Waals surface area contributed by atoms with Crippen LogP contribution in [-0.4, -0.2) is 17.2 Å². The van der Waals surface area contributed by atoms with Gasteiger partial charge in [-0.05, 0) is 51.2 Å². The Morgan fingerprint density at radius 3 is 2.20 bits per heavy atom.